The normalized spacial score (nSPS) is 15.4. The van der Waals surface area contributed by atoms with Crippen molar-refractivity contribution in [2.75, 3.05) is 0 Å². The molecule has 0 bridgehead atoms. The molecular weight excluding hydrogens is 472 g/mol. The SMILES string of the molecule is CC(Cl)(Cl)O[Si](OC(C)(Cl)Cl)(OC(C)(Cl)Cl)OC(C)(Cl)Cl. The first kappa shape index (κ1) is 23.4. The van der Waals surface area contributed by atoms with Gasteiger partial charge in [-0.25, -0.2) is 0 Å². The van der Waals surface area contributed by atoms with Gasteiger partial charge in [-0.15, -0.1) is 0 Å². The second-order valence-electron chi connectivity index (χ2n) is 4.14. The highest BCUT2D eigenvalue weighted by Gasteiger charge is 2.60. The average molecular weight is 484 g/mol. The molecule has 0 radical (unpaired) electrons. The van der Waals surface area contributed by atoms with Crippen molar-refractivity contribution in [3.8, 4) is 0 Å². The molecule has 0 heterocycles. The number of hydrogen-bond acceptors (Lipinski definition) is 4. The van der Waals surface area contributed by atoms with Gasteiger partial charge in [0.1, 0.15) is 0 Å². The first-order chi connectivity index (χ1) is 8.83. The summed E-state index contributed by atoms with van der Waals surface area (Å²) in [6, 6.07) is 0. The van der Waals surface area contributed by atoms with Crippen LogP contribution in [0.5, 0.6) is 0 Å². The van der Waals surface area contributed by atoms with Crippen molar-refractivity contribution in [2.24, 2.45) is 0 Å². The zero-order valence-electron chi connectivity index (χ0n) is 11.2. The molecule has 0 fully saturated rings. The average Bonchev–Trinajstić information content (AvgIpc) is 1.83. The number of alkyl halides is 8. The van der Waals surface area contributed by atoms with Crippen molar-refractivity contribution >= 4 is 102 Å². The van der Waals surface area contributed by atoms with Crippen LogP contribution in [0, 0.1) is 0 Å². The van der Waals surface area contributed by atoms with Crippen molar-refractivity contribution in [1.29, 1.82) is 0 Å². The largest absolute Gasteiger partial charge is 0.688 e. The molecule has 13 heteroatoms. The molecule has 0 aromatic rings. The van der Waals surface area contributed by atoms with Gasteiger partial charge in [0.25, 0.3) is 0 Å². The van der Waals surface area contributed by atoms with Gasteiger partial charge in [-0.2, -0.15) is 0 Å². The van der Waals surface area contributed by atoms with Gasteiger partial charge < -0.3 is 17.7 Å². The van der Waals surface area contributed by atoms with Crippen LogP contribution in [0.1, 0.15) is 27.7 Å². The minimum Gasteiger partial charge on any atom is -0.318 e. The van der Waals surface area contributed by atoms with E-state index in [1.54, 1.807) is 0 Å². The molecule has 0 aliphatic carbocycles. The van der Waals surface area contributed by atoms with E-state index in [0.717, 1.165) is 0 Å². The van der Waals surface area contributed by atoms with Crippen molar-refractivity contribution in [1.82, 2.24) is 0 Å². The second kappa shape index (κ2) is 7.73. The Morgan fingerprint density at radius 3 is 0.714 bits per heavy atom. The molecule has 0 N–H and O–H groups in total. The molecule has 0 unspecified atom stereocenters. The van der Waals surface area contributed by atoms with Crippen LogP contribution in [0.4, 0.5) is 0 Å². The van der Waals surface area contributed by atoms with Crippen LogP contribution in [0.25, 0.3) is 0 Å². The topological polar surface area (TPSA) is 36.9 Å². The monoisotopic (exact) mass is 480 g/mol. The minimum absolute atomic E-state index is 1.26. The lowest BCUT2D eigenvalue weighted by Gasteiger charge is -2.38. The van der Waals surface area contributed by atoms with Crippen LogP contribution in [-0.2, 0) is 17.7 Å². The minimum atomic E-state index is -4.39. The van der Waals surface area contributed by atoms with Gasteiger partial charge in [-0.05, 0) is 27.7 Å². The van der Waals surface area contributed by atoms with Gasteiger partial charge in [0.15, 0.2) is 0 Å². The van der Waals surface area contributed by atoms with Gasteiger partial charge in [0.05, 0.1) is 0 Å². The predicted octanol–water partition coefficient (Wildman–Crippen LogP) is 6.09. The Labute approximate surface area is 164 Å². The molecule has 0 aliphatic rings. The Morgan fingerprint density at radius 2 is 0.619 bits per heavy atom. The van der Waals surface area contributed by atoms with Crippen LogP contribution in [-0.4, -0.2) is 27.1 Å². The van der Waals surface area contributed by atoms with Gasteiger partial charge in [-0.1, -0.05) is 92.8 Å². The summed E-state index contributed by atoms with van der Waals surface area (Å²) >= 11 is 46.3. The van der Waals surface area contributed by atoms with Crippen molar-refractivity contribution in [3.63, 3.8) is 0 Å². The lowest BCUT2D eigenvalue weighted by atomic mass is 10.9. The third-order valence-corrected chi connectivity index (χ3v) is 5.50. The highest BCUT2D eigenvalue weighted by molar-refractivity contribution is 6.64. The van der Waals surface area contributed by atoms with Crippen LogP contribution >= 0.6 is 92.8 Å². The van der Waals surface area contributed by atoms with Gasteiger partial charge in [0.2, 0.25) is 18.1 Å². The lowest BCUT2D eigenvalue weighted by Crippen LogP contribution is -2.59. The number of hydrogen-bond donors (Lipinski definition) is 0. The lowest BCUT2D eigenvalue weighted by molar-refractivity contribution is -0.0776. The molecule has 0 aliphatic heterocycles. The van der Waals surface area contributed by atoms with E-state index in [1.807, 2.05) is 0 Å². The van der Waals surface area contributed by atoms with Gasteiger partial charge in [-0.3, -0.25) is 0 Å². The summed E-state index contributed by atoms with van der Waals surface area (Å²) < 4.78 is 13.7. The summed E-state index contributed by atoms with van der Waals surface area (Å²) in [6.07, 6.45) is 0. The van der Waals surface area contributed by atoms with E-state index in [1.165, 1.54) is 27.7 Å². The van der Waals surface area contributed by atoms with Crippen molar-refractivity contribution in [3.05, 3.63) is 0 Å². The maximum Gasteiger partial charge on any atom is 0.688 e. The van der Waals surface area contributed by atoms with E-state index in [-0.39, 0.29) is 0 Å². The van der Waals surface area contributed by atoms with Crippen LogP contribution in [0.3, 0.4) is 0 Å². The standard InChI is InChI=1S/C8H12Cl8O4Si/c1-5(9,10)17-21(18-6(2,11)12,19-7(3,13)14)20-8(4,15)16/h1-4H3. The Bertz CT molecular complexity index is 273. The predicted molar refractivity (Wildman–Crippen MR) is 90.5 cm³/mol. The first-order valence-electron chi connectivity index (χ1n) is 5.14. The van der Waals surface area contributed by atoms with E-state index < -0.39 is 27.1 Å². The van der Waals surface area contributed by atoms with Crippen molar-refractivity contribution < 1.29 is 17.7 Å². The number of rotatable bonds is 8. The molecule has 4 nitrogen and oxygen atoms in total. The highest BCUT2D eigenvalue weighted by Crippen LogP contribution is 2.41. The first-order valence-corrected chi connectivity index (χ1v) is 9.80. The Morgan fingerprint density at radius 1 is 0.476 bits per heavy atom. The third-order valence-electron chi connectivity index (χ3n) is 1.22. The zero-order chi connectivity index (χ0) is 17.3. The van der Waals surface area contributed by atoms with E-state index in [2.05, 4.69) is 0 Å². The van der Waals surface area contributed by atoms with Crippen molar-refractivity contribution in [2.45, 2.75) is 45.8 Å². The maximum absolute atomic E-state index is 5.78. The summed E-state index contributed by atoms with van der Waals surface area (Å²) in [5.41, 5.74) is 0. The molecule has 0 atom stereocenters. The molecule has 21 heavy (non-hydrogen) atoms. The fourth-order valence-electron chi connectivity index (χ4n) is 1.00. The van der Waals surface area contributed by atoms with Crippen LogP contribution in [0.2, 0.25) is 0 Å². The molecule has 128 valence electrons. The fourth-order valence-corrected chi connectivity index (χ4v) is 5.28. The van der Waals surface area contributed by atoms with E-state index in [4.69, 9.17) is 111 Å². The molecule has 0 amide bonds. The molecule has 0 spiro atoms. The third kappa shape index (κ3) is 13.4. The molecule has 0 rings (SSSR count). The summed E-state index contributed by atoms with van der Waals surface area (Å²) in [4.78, 5) is 0. The smallest absolute Gasteiger partial charge is 0.318 e. The summed E-state index contributed by atoms with van der Waals surface area (Å²) in [5.74, 6) is 0. The Balaban J connectivity index is 5.70. The Hall–Kier alpha value is 2.38. The second-order valence-corrected chi connectivity index (χ2v) is 12.5. The zero-order valence-corrected chi connectivity index (χ0v) is 18.2. The summed E-state index contributed by atoms with van der Waals surface area (Å²) in [5, 5.41) is 0. The van der Waals surface area contributed by atoms with Crippen LogP contribution < -0.4 is 0 Å². The number of halogens is 8. The molecular formula is C8H12Cl8O4Si. The molecule has 0 saturated carbocycles. The fraction of sp³-hybridized carbons (Fsp3) is 1.00. The maximum atomic E-state index is 5.78. The highest BCUT2D eigenvalue weighted by atomic mass is 35.5. The van der Waals surface area contributed by atoms with E-state index in [9.17, 15) is 0 Å². The quantitative estimate of drug-likeness (QED) is 0.309. The van der Waals surface area contributed by atoms with E-state index >= 15 is 0 Å². The van der Waals surface area contributed by atoms with Gasteiger partial charge in [0, 0.05) is 0 Å². The van der Waals surface area contributed by atoms with E-state index in [0.29, 0.717) is 0 Å². The molecule has 0 saturated heterocycles. The van der Waals surface area contributed by atoms with Gasteiger partial charge >= 0.3 is 9.05 Å². The summed E-state index contributed by atoms with van der Waals surface area (Å²) in [6.45, 7) is 5.03. The molecule has 0 aromatic carbocycles. The summed E-state index contributed by atoms with van der Waals surface area (Å²) in [7, 11) is -4.39. The Kier molecular flexibility index (Phi) is 8.60. The molecule has 0 aromatic heterocycles. The van der Waals surface area contributed by atoms with Crippen LogP contribution in [0.15, 0.2) is 0 Å².